The molecule has 1 aliphatic rings. The van der Waals surface area contributed by atoms with Gasteiger partial charge in [-0.1, -0.05) is 29.7 Å². The lowest BCUT2D eigenvalue weighted by Gasteiger charge is -2.44. The number of hydrogen-bond acceptors (Lipinski definition) is 1. The van der Waals surface area contributed by atoms with Crippen LogP contribution in [-0.2, 0) is 0 Å². The molecule has 0 amide bonds. The third-order valence-electron chi connectivity index (χ3n) is 5.26. The molecule has 3 aromatic carbocycles. The number of anilines is 1. The van der Waals surface area contributed by atoms with Crippen LogP contribution < -0.4 is 14.8 Å². The van der Waals surface area contributed by atoms with E-state index < -0.39 is 5.11 Å². The Morgan fingerprint density at radius 2 is 1.52 bits per heavy atom. The van der Waals surface area contributed by atoms with Crippen LogP contribution in [0, 0.1) is 0 Å². The Balaban J connectivity index is 2.32. The van der Waals surface area contributed by atoms with Gasteiger partial charge in [0.25, 0.3) is 0 Å². The first-order valence-corrected chi connectivity index (χ1v) is 8.66. The van der Waals surface area contributed by atoms with Gasteiger partial charge in [0.15, 0.2) is 0 Å². The van der Waals surface area contributed by atoms with E-state index in [1.807, 2.05) is 0 Å². The SMILES string of the molecule is CN(C)c1cccc2cc3cccc4c3c(c12)[B-](Cl)(Cl)[N+]4(C)C. The van der Waals surface area contributed by atoms with Crippen molar-refractivity contribution in [2.45, 2.75) is 0 Å². The molecule has 1 aliphatic heterocycles. The molecule has 5 heteroatoms. The average molecular weight is 345 g/mol. The predicted octanol–water partition coefficient (Wildman–Crippen LogP) is 4.26. The fourth-order valence-corrected chi connectivity index (χ4v) is 4.58. The van der Waals surface area contributed by atoms with Gasteiger partial charge in [0.05, 0.1) is 5.69 Å². The third kappa shape index (κ3) is 1.76. The molecule has 0 saturated heterocycles. The van der Waals surface area contributed by atoms with Crippen molar-refractivity contribution in [1.29, 1.82) is 0 Å². The van der Waals surface area contributed by atoms with Crippen molar-refractivity contribution in [3.63, 3.8) is 0 Å². The van der Waals surface area contributed by atoms with Gasteiger partial charge in [0.2, 0.25) is 0 Å². The predicted molar refractivity (Wildman–Crippen MR) is 107 cm³/mol. The second-order valence-electron chi connectivity index (χ2n) is 7.10. The molecule has 0 bridgehead atoms. The number of nitrogens with zero attached hydrogens (tertiary/aromatic N) is 2. The molecule has 0 aliphatic carbocycles. The van der Waals surface area contributed by atoms with Gasteiger partial charge in [-0.15, -0.1) is 0 Å². The summed E-state index contributed by atoms with van der Waals surface area (Å²) in [6, 6.07) is 15.0. The van der Waals surface area contributed by atoms with Crippen molar-refractivity contribution < 1.29 is 0 Å². The lowest BCUT2D eigenvalue weighted by Crippen LogP contribution is -2.61. The molecular formula is C18H19BCl2N2. The van der Waals surface area contributed by atoms with Gasteiger partial charge < -0.3 is 9.29 Å². The summed E-state index contributed by atoms with van der Waals surface area (Å²) in [5, 5.41) is 2.97. The van der Waals surface area contributed by atoms with Crippen molar-refractivity contribution in [2.24, 2.45) is 0 Å². The van der Waals surface area contributed by atoms with E-state index in [-0.39, 0.29) is 0 Å². The number of quaternary nitrogens is 1. The molecule has 0 spiro atoms. The Hall–Kier alpha value is -1.42. The zero-order valence-electron chi connectivity index (χ0n) is 13.8. The van der Waals surface area contributed by atoms with Crippen LogP contribution in [0.5, 0.6) is 0 Å². The van der Waals surface area contributed by atoms with Crippen LogP contribution in [0.4, 0.5) is 11.4 Å². The highest BCUT2D eigenvalue weighted by atomic mass is 35.5. The minimum absolute atomic E-state index is 0.483. The Bertz CT molecular complexity index is 964. The van der Waals surface area contributed by atoms with Crippen LogP contribution in [0.15, 0.2) is 42.5 Å². The molecule has 0 radical (unpaired) electrons. The highest BCUT2D eigenvalue weighted by Gasteiger charge is 2.49. The molecule has 0 saturated carbocycles. The minimum Gasteiger partial charge on any atom is -0.455 e. The maximum Gasteiger partial charge on any atom is 0.410 e. The van der Waals surface area contributed by atoms with Gasteiger partial charge in [-0.25, -0.2) is 0 Å². The molecule has 118 valence electrons. The highest BCUT2D eigenvalue weighted by Crippen LogP contribution is 2.46. The number of rotatable bonds is 1. The van der Waals surface area contributed by atoms with Gasteiger partial charge in [-0.3, -0.25) is 22.9 Å². The van der Waals surface area contributed by atoms with Crippen LogP contribution in [0.2, 0.25) is 0 Å². The molecule has 1 heterocycles. The van der Waals surface area contributed by atoms with E-state index in [1.165, 1.54) is 27.2 Å². The highest BCUT2D eigenvalue weighted by molar-refractivity contribution is 7.52. The summed E-state index contributed by atoms with van der Waals surface area (Å²) < 4.78 is 0.483. The second kappa shape index (κ2) is 4.57. The van der Waals surface area contributed by atoms with Crippen LogP contribution in [0.1, 0.15) is 0 Å². The van der Waals surface area contributed by atoms with Gasteiger partial charge in [-0.05, 0) is 34.4 Å². The van der Waals surface area contributed by atoms with Crippen LogP contribution >= 0.6 is 22.9 Å². The van der Waals surface area contributed by atoms with Crippen molar-refractivity contribution in [3.8, 4) is 0 Å². The molecule has 0 aromatic heterocycles. The molecule has 0 N–H and O–H groups in total. The average Bonchev–Trinajstić information content (AvgIpc) is 2.65. The van der Waals surface area contributed by atoms with E-state index in [2.05, 4.69) is 75.6 Å². The molecule has 23 heavy (non-hydrogen) atoms. The largest absolute Gasteiger partial charge is 0.455 e. The third-order valence-corrected chi connectivity index (χ3v) is 6.67. The maximum atomic E-state index is 7.03. The molecule has 2 nitrogen and oxygen atoms in total. The molecule has 0 fully saturated rings. The summed E-state index contributed by atoms with van der Waals surface area (Å²) in [6.45, 7) is 0. The van der Waals surface area contributed by atoms with Gasteiger partial charge >= 0.3 is 5.11 Å². The van der Waals surface area contributed by atoms with E-state index in [0.29, 0.717) is 4.39 Å². The lowest BCUT2D eigenvalue weighted by atomic mass is 9.73. The smallest absolute Gasteiger partial charge is 0.410 e. The summed E-state index contributed by atoms with van der Waals surface area (Å²) in [7, 11) is 8.31. The fraction of sp³-hybridized carbons (Fsp3) is 0.222. The summed E-state index contributed by atoms with van der Waals surface area (Å²) in [6.07, 6.45) is 0. The van der Waals surface area contributed by atoms with Gasteiger partial charge in [0.1, 0.15) is 0 Å². The Morgan fingerprint density at radius 3 is 2.17 bits per heavy atom. The lowest BCUT2D eigenvalue weighted by molar-refractivity contribution is 0.635. The van der Waals surface area contributed by atoms with E-state index >= 15 is 0 Å². The van der Waals surface area contributed by atoms with Crippen molar-refractivity contribution >= 4 is 66.4 Å². The van der Waals surface area contributed by atoms with E-state index in [4.69, 9.17) is 22.9 Å². The zero-order chi connectivity index (χ0) is 16.6. The quantitative estimate of drug-likeness (QED) is 0.471. The number of hydrogen-bond donors (Lipinski definition) is 0. The van der Waals surface area contributed by atoms with Crippen LogP contribution in [0.25, 0.3) is 21.5 Å². The minimum atomic E-state index is -1.80. The summed E-state index contributed by atoms with van der Waals surface area (Å²) >= 11 is 14.1. The maximum absolute atomic E-state index is 7.03. The zero-order valence-corrected chi connectivity index (χ0v) is 15.3. The number of fused-ring (bicyclic) bond motifs is 2. The molecular weight excluding hydrogens is 326 g/mol. The van der Waals surface area contributed by atoms with E-state index in [0.717, 1.165) is 11.2 Å². The Morgan fingerprint density at radius 1 is 0.913 bits per heavy atom. The van der Waals surface area contributed by atoms with Gasteiger partial charge in [0, 0.05) is 39.3 Å². The number of halogens is 2. The Labute approximate surface area is 146 Å². The molecule has 4 rings (SSSR count). The van der Waals surface area contributed by atoms with E-state index in [1.54, 1.807) is 0 Å². The fourth-order valence-electron chi connectivity index (χ4n) is 3.93. The molecule has 0 unspecified atom stereocenters. The Kier molecular flexibility index (Phi) is 3.00. The second-order valence-corrected chi connectivity index (χ2v) is 8.59. The number of benzene rings is 3. The first-order chi connectivity index (χ1) is 10.8. The van der Waals surface area contributed by atoms with E-state index in [9.17, 15) is 0 Å². The summed E-state index contributed by atoms with van der Waals surface area (Å²) in [5.74, 6) is 0. The molecule has 3 aromatic rings. The van der Waals surface area contributed by atoms with Crippen molar-refractivity contribution in [2.75, 3.05) is 33.1 Å². The topological polar surface area (TPSA) is 3.24 Å². The van der Waals surface area contributed by atoms with Gasteiger partial charge in [-0.2, -0.15) is 0 Å². The molecule has 0 atom stereocenters. The first-order valence-electron chi connectivity index (χ1n) is 7.78. The first kappa shape index (κ1) is 15.1. The van der Waals surface area contributed by atoms with Crippen LogP contribution in [0.3, 0.4) is 0 Å². The van der Waals surface area contributed by atoms with Crippen molar-refractivity contribution in [1.82, 2.24) is 4.39 Å². The summed E-state index contributed by atoms with van der Waals surface area (Å²) in [5.41, 5.74) is 3.44. The van der Waals surface area contributed by atoms with Crippen molar-refractivity contribution in [3.05, 3.63) is 42.5 Å². The summed E-state index contributed by atoms with van der Waals surface area (Å²) in [4.78, 5) is 2.13. The monoisotopic (exact) mass is 344 g/mol. The normalized spacial score (nSPS) is 17.8. The standard InChI is InChI=1S/C18H19BCl2N2/c1-22(2)14-9-5-7-12-11-13-8-6-10-15-17(13)18(16(12)14)19(20,21)23(15,3)4/h5-11H,1-4H3. The van der Waals surface area contributed by atoms with Crippen LogP contribution in [-0.4, -0.2) is 33.3 Å².